The summed E-state index contributed by atoms with van der Waals surface area (Å²) in [6.45, 7) is 4.43. The lowest BCUT2D eigenvalue weighted by Crippen LogP contribution is -2.24. The minimum absolute atomic E-state index is 0.200. The molecule has 0 unspecified atom stereocenters. The van der Waals surface area contributed by atoms with Crippen molar-refractivity contribution in [3.05, 3.63) is 28.0 Å². The summed E-state index contributed by atoms with van der Waals surface area (Å²) < 4.78 is 4.75. The van der Waals surface area contributed by atoms with Gasteiger partial charge in [0, 0.05) is 22.4 Å². The minimum atomic E-state index is -0.296. The average molecular weight is 267 g/mol. The van der Waals surface area contributed by atoms with E-state index in [2.05, 4.69) is 5.32 Å². The summed E-state index contributed by atoms with van der Waals surface area (Å²) >= 11 is 1.62. The lowest BCUT2D eigenvalue weighted by atomic mass is 10.3. The smallest absolute Gasteiger partial charge is 0.307 e. The predicted octanol–water partition coefficient (Wildman–Crippen LogP) is 2.14. The van der Waals surface area contributed by atoms with Gasteiger partial charge in [-0.3, -0.25) is 9.59 Å². The van der Waals surface area contributed by atoms with Crippen LogP contribution in [0.5, 0.6) is 0 Å². The van der Waals surface area contributed by atoms with E-state index >= 15 is 0 Å². The van der Waals surface area contributed by atoms with Gasteiger partial charge in [-0.05, 0) is 32.1 Å². The number of carbonyl (C=O) groups excluding carboxylic acids is 2. The van der Waals surface area contributed by atoms with E-state index in [-0.39, 0.29) is 18.3 Å². The summed E-state index contributed by atoms with van der Waals surface area (Å²) in [4.78, 5) is 24.7. The van der Waals surface area contributed by atoms with E-state index in [0.29, 0.717) is 13.2 Å². The molecule has 0 radical (unpaired) electrons. The van der Waals surface area contributed by atoms with Crippen LogP contribution in [0.2, 0.25) is 0 Å². The molecule has 0 bridgehead atoms. The molecule has 0 aliphatic heterocycles. The second-order valence-corrected chi connectivity index (χ2v) is 4.95. The fourth-order valence-electron chi connectivity index (χ4n) is 1.28. The molecule has 0 saturated heterocycles. The molecule has 5 heteroatoms. The van der Waals surface area contributed by atoms with Gasteiger partial charge < -0.3 is 10.1 Å². The number of amides is 1. The third kappa shape index (κ3) is 5.63. The van der Waals surface area contributed by atoms with Crippen molar-refractivity contribution in [3.8, 4) is 0 Å². The SMILES string of the molecule is CCOC(=O)CCNC(=O)/C=C/c1ccc(C)s1. The quantitative estimate of drug-likeness (QED) is 0.634. The van der Waals surface area contributed by atoms with Crippen molar-refractivity contribution in [3.63, 3.8) is 0 Å². The van der Waals surface area contributed by atoms with Crippen LogP contribution in [0.15, 0.2) is 18.2 Å². The Morgan fingerprint density at radius 3 is 2.83 bits per heavy atom. The molecule has 98 valence electrons. The van der Waals surface area contributed by atoms with Crippen LogP contribution in [-0.4, -0.2) is 25.0 Å². The molecular weight excluding hydrogens is 250 g/mol. The first-order valence-electron chi connectivity index (χ1n) is 5.79. The Morgan fingerprint density at radius 1 is 1.44 bits per heavy atom. The van der Waals surface area contributed by atoms with Gasteiger partial charge in [0.05, 0.1) is 13.0 Å². The van der Waals surface area contributed by atoms with Crippen molar-refractivity contribution in [1.29, 1.82) is 0 Å². The number of rotatable bonds is 6. The molecule has 4 nitrogen and oxygen atoms in total. The minimum Gasteiger partial charge on any atom is -0.466 e. The Morgan fingerprint density at radius 2 is 2.22 bits per heavy atom. The maximum absolute atomic E-state index is 11.4. The predicted molar refractivity (Wildman–Crippen MR) is 72.3 cm³/mol. The van der Waals surface area contributed by atoms with Crippen LogP contribution in [0.1, 0.15) is 23.1 Å². The standard InChI is InChI=1S/C13H17NO3S/c1-3-17-13(16)8-9-14-12(15)7-6-11-5-4-10(2)18-11/h4-7H,3,8-9H2,1-2H3,(H,14,15)/b7-6+. The topological polar surface area (TPSA) is 55.4 Å². The molecule has 0 spiro atoms. The molecule has 1 aromatic rings. The fraction of sp³-hybridized carbons (Fsp3) is 0.385. The highest BCUT2D eigenvalue weighted by Crippen LogP contribution is 2.16. The largest absolute Gasteiger partial charge is 0.466 e. The van der Waals surface area contributed by atoms with Crippen molar-refractivity contribution in [1.82, 2.24) is 5.32 Å². The molecule has 1 heterocycles. The lowest BCUT2D eigenvalue weighted by Gasteiger charge is -2.02. The molecule has 0 atom stereocenters. The summed E-state index contributed by atoms with van der Waals surface area (Å²) in [6, 6.07) is 3.96. The second kappa shape index (κ2) is 7.66. The molecule has 1 amide bonds. The van der Waals surface area contributed by atoms with Crippen LogP contribution in [0.4, 0.5) is 0 Å². The number of nitrogens with one attached hydrogen (secondary N) is 1. The molecule has 1 N–H and O–H groups in total. The Balaban J connectivity index is 2.25. The third-order valence-electron chi connectivity index (χ3n) is 2.09. The normalized spacial score (nSPS) is 10.6. The van der Waals surface area contributed by atoms with Crippen molar-refractivity contribution < 1.29 is 14.3 Å². The van der Waals surface area contributed by atoms with E-state index in [0.717, 1.165) is 4.88 Å². The number of carbonyl (C=O) groups is 2. The van der Waals surface area contributed by atoms with Crippen LogP contribution in [-0.2, 0) is 14.3 Å². The number of ether oxygens (including phenoxy) is 1. The van der Waals surface area contributed by atoms with E-state index in [1.54, 1.807) is 24.3 Å². The van der Waals surface area contributed by atoms with E-state index in [1.807, 2.05) is 19.1 Å². The van der Waals surface area contributed by atoms with Crippen LogP contribution in [0, 0.1) is 6.92 Å². The van der Waals surface area contributed by atoms with E-state index in [9.17, 15) is 9.59 Å². The van der Waals surface area contributed by atoms with Crippen molar-refractivity contribution in [2.75, 3.05) is 13.2 Å². The van der Waals surface area contributed by atoms with Gasteiger partial charge >= 0.3 is 5.97 Å². The van der Waals surface area contributed by atoms with Gasteiger partial charge in [-0.2, -0.15) is 0 Å². The number of hydrogen-bond donors (Lipinski definition) is 1. The highest BCUT2D eigenvalue weighted by atomic mass is 32.1. The van der Waals surface area contributed by atoms with E-state index in [4.69, 9.17) is 4.74 Å². The molecular formula is C13H17NO3S. The molecule has 0 aliphatic rings. The Labute approximate surface area is 111 Å². The van der Waals surface area contributed by atoms with Gasteiger partial charge in [-0.15, -0.1) is 11.3 Å². The van der Waals surface area contributed by atoms with Crippen molar-refractivity contribution >= 4 is 29.3 Å². The van der Waals surface area contributed by atoms with Gasteiger partial charge in [0.1, 0.15) is 0 Å². The van der Waals surface area contributed by atoms with Gasteiger partial charge in [-0.1, -0.05) is 0 Å². The first-order chi connectivity index (χ1) is 8.61. The Bertz CT molecular complexity index is 437. The molecule has 18 heavy (non-hydrogen) atoms. The van der Waals surface area contributed by atoms with Crippen molar-refractivity contribution in [2.24, 2.45) is 0 Å². The Hall–Kier alpha value is -1.62. The fourth-order valence-corrected chi connectivity index (χ4v) is 2.06. The number of aryl methyl sites for hydroxylation is 1. The molecule has 1 rings (SSSR count). The average Bonchev–Trinajstić information content (AvgIpc) is 2.73. The summed E-state index contributed by atoms with van der Waals surface area (Å²) in [6.07, 6.45) is 3.43. The van der Waals surface area contributed by atoms with Crippen LogP contribution < -0.4 is 5.32 Å². The zero-order valence-electron chi connectivity index (χ0n) is 10.6. The zero-order valence-corrected chi connectivity index (χ0v) is 11.4. The maximum Gasteiger partial charge on any atom is 0.307 e. The van der Waals surface area contributed by atoms with Gasteiger partial charge in [0.2, 0.25) is 5.91 Å². The van der Waals surface area contributed by atoms with Gasteiger partial charge in [0.25, 0.3) is 0 Å². The van der Waals surface area contributed by atoms with Crippen LogP contribution in [0.3, 0.4) is 0 Å². The number of esters is 1. The van der Waals surface area contributed by atoms with Gasteiger partial charge in [0.15, 0.2) is 0 Å². The first-order valence-corrected chi connectivity index (χ1v) is 6.61. The number of hydrogen-bond acceptors (Lipinski definition) is 4. The van der Waals surface area contributed by atoms with Crippen LogP contribution in [0.25, 0.3) is 6.08 Å². The maximum atomic E-state index is 11.4. The zero-order chi connectivity index (χ0) is 13.4. The number of thiophene rings is 1. The molecule has 0 fully saturated rings. The molecule has 0 aliphatic carbocycles. The first kappa shape index (κ1) is 14.4. The Kier molecular flexibility index (Phi) is 6.14. The highest BCUT2D eigenvalue weighted by molar-refractivity contribution is 7.12. The second-order valence-electron chi connectivity index (χ2n) is 3.63. The molecule has 0 saturated carbocycles. The molecule has 1 aromatic heterocycles. The summed E-state index contributed by atoms with van der Waals surface area (Å²) in [5.74, 6) is -0.499. The molecule has 0 aromatic carbocycles. The van der Waals surface area contributed by atoms with Crippen LogP contribution >= 0.6 is 11.3 Å². The third-order valence-corrected chi connectivity index (χ3v) is 3.06. The van der Waals surface area contributed by atoms with E-state index < -0.39 is 0 Å². The lowest BCUT2D eigenvalue weighted by molar-refractivity contribution is -0.142. The summed E-state index contributed by atoms with van der Waals surface area (Å²) in [7, 11) is 0. The summed E-state index contributed by atoms with van der Waals surface area (Å²) in [5.41, 5.74) is 0. The van der Waals surface area contributed by atoms with Gasteiger partial charge in [-0.25, -0.2) is 0 Å². The summed E-state index contributed by atoms with van der Waals surface area (Å²) in [5, 5.41) is 2.63. The monoisotopic (exact) mass is 267 g/mol. The van der Waals surface area contributed by atoms with E-state index in [1.165, 1.54) is 11.0 Å². The highest BCUT2D eigenvalue weighted by Gasteiger charge is 2.02. The van der Waals surface area contributed by atoms with Crippen molar-refractivity contribution in [2.45, 2.75) is 20.3 Å².